The third kappa shape index (κ3) is 9.16. The van der Waals surface area contributed by atoms with Crippen LogP contribution in [0.1, 0.15) is 60.3 Å². The van der Waals surface area contributed by atoms with Crippen molar-refractivity contribution < 1.29 is 14.3 Å². The normalized spacial score (nSPS) is 19.2. The number of nitrogens with zero attached hydrogens (tertiary/aromatic N) is 1. The molecular weight excluding hydrogens is 292 g/mol. The average Bonchev–Trinajstić information content (AvgIpc) is 2.44. The molecule has 23 heavy (non-hydrogen) atoms. The second-order valence-electron chi connectivity index (χ2n) is 7.82. The van der Waals surface area contributed by atoms with Crippen LogP contribution in [0.15, 0.2) is 0 Å². The van der Waals surface area contributed by atoms with Gasteiger partial charge in [0.1, 0.15) is 5.60 Å². The number of nitrogens with one attached hydrogen (secondary N) is 1. The lowest BCUT2D eigenvalue weighted by Crippen LogP contribution is -2.50. The Morgan fingerprint density at radius 1 is 1.26 bits per heavy atom. The zero-order chi connectivity index (χ0) is 17.3. The minimum atomic E-state index is -0.434. The Bertz CT molecular complexity index is 340. The molecule has 0 radical (unpaired) electrons. The van der Waals surface area contributed by atoms with Gasteiger partial charge in [-0.15, -0.1) is 0 Å². The van der Waals surface area contributed by atoms with Gasteiger partial charge < -0.3 is 19.7 Å². The molecule has 1 N–H and O–H groups in total. The summed E-state index contributed by atoms with van der Waals surface area (Å²) in [5.74, 6) is 0.688. The minimum Gasteiger partial charge on any atom is -0.444 e. The number of ether oxygens (including phenoxy) is 2. The summed E-state index contributed by atoms with van der Waals surface area (Å²) >= 11 is 0. The molecule has 0 aromatic rings. The number of hydrogen-bond donors (Lipinski definition) is 1. The Hall–Kier alpha value is -0.810. The van der Waals surface area contributed by atoms with Crippen molar-refractivity contribution in [3.8, 4) is 0 Å². The fraction of sp³-hybridized carbons (Fsp3) is 0.944. The van der Waals surface area contributed by atoms with E-state index < -0.39 is 5.60 Å². The highest BCUT2D eigenvalue weighted by Crippen LogP contribution is 2.19. The number of rotatable bonds is 8. The van der Waals surface area contributed by atoms with Crippen LogP contribution < -0.4 is 5.32 Å². The highest BCUT2D eigenvalue weighted by atomic mass is 16.6. The SMILES string of the molecule is CC(C)CCOCCNCC1CCCCN1C(=O)OC(C)(C)C. The monoisotopic (exact) mass is 328 g/mol. The number of piperidine rings is 1. The van der Waals surface area contributed by atoms with Crippen LogP contribution in [0.2, 0.25) is 0 Å². The molecule has 1 fully saturated rings. The Labute approximate surface area is 142 Å². The molecule has 1 aliphatic heterocycles. The maximum absolute atomic E-state index is 12.3. The largest absolute Gasteiger partial charge is 0.444 e. The first-order chi connectivity index (χ1) is 10.8. The van der Waals surface area contributed by atoms with Gasteiger partial charge in [-0.3, -0.25) is 0 Å². The van der Waals surface area contributed by atoms with Crippen molar-refractivity contribution in [2.24, 2.45) is 5.92 Å². The van der Waals surface area contributed by atoms with Gasteiger partial charge in [0, 0.05) is 32.3 Å². The van der Waals surface area contributed by atoms with Crippen LogP contribution in [0.5, 0.6) is 0 Å². The topological polar surface area (TPSA) is 50.8 Å². The summed E-state index contributed by atoms with van der Waals surface area (Å²) in [4.78, 5) is 14.2. The molecule has 0 bridgehead atoms. The summed E-state index contributed by atoms with van der Waals surface area (Å²) in [7, 11) is 0. The number of carbonyl (C=O) groups excluding carboxylic acids is 1. The van der Waals surface area contributed by atoms with Gasteiger partial charge in [-0.1, -0.05) is 13.8 Å². The summed E-state index contributed by atoms with van der Waals surface area (Å²) in [6, 6.07) is 0.231. The van der Waals surface area contributed by atoms with Crippen LogP contribution in [-0.4, -0.2) is 55.5 Å². The predicted molar refractivity (Wildman–Crippen MR) is 93.7 cm³/mol. The van der Waals surface area contributed by atoms with E-state index in [1.807, 2.05) is 25.7 Å². The zero-order valence-electron chi connectivity index (χ0n) is 15.7. The Morgan fingerprint density at radius 2 is 2.00 bits per heavy atom. The summed E-state index contributed by atoms with van der Waals surface area (Å²) in [5, 5.41) is 3.42. The number of likely N-dealkylation sites (tertiary alicyclic amines) is 1. The van der Waals surface area contributed by atoms with E-state index in [2.05, 4.69) is 19.2 Å². The van der Waals surface area contributed by atoms with Crippen molar-refractivity contribution in [2.75, 3.05) is 32.8 Å². The predicted octanol–water partition coefficient (Wildman–Crippen LogP) is 3.43. The third-order valence-electron chi connectivity index (χ3n) is 3.90. The van der Waals surface area contributed by atoms with E-state index in [0.717, 1.165) is 52.1 Å². The summed E-state index contributed by atoms with van der Waals surface area (Å²) in [5.41, 5.74) is -0.434. The molecule has 0 aromatic heterocycles. The molecule has 1 heterocycles. The van der Waals surface area contributed by atoms with E-state index in [9.17, 15) is 4.79 Å². The van der Waals surface area contributed by atoms with Gasteiger partial charge in [0.05, 0.1) is 6.61 Å². The van der Waals surface area contributed by atoms with Crippen molar-refractivity contribution >= 4 is 6.09 Å². The van der Waals surface area contributed by atoms with Crippen molar-refractivity contribution in [3.05, 3.63) is 0 Å². The van der Waals surface area contributed by atoms with Gasteiger partial charge in [0.15, 0.2) is 0 Å². The van der Waals surface area contributed by atoms with E-state index >= 15 is 0 Å². The second-order valence-corrected chi connectivity index (χ2v) is 7.82. The quantitative estimate of drug-likeness (QED) is 0.694. The van der Waals surface area contributed by atoms with Gasteiger partial charge >= 0.3 is 6.09 Å². The Balaban J connectivity index is 2.25. The van der Waals surface area contributed by atoms with E-state index in [1.54, 1.807) is 0 Å². The molecule has 5 heteroatoms. The summed E-state index contributed by atoms with van der Waals surface area (Å²) in [6.07, 6.45) is 4.21. The van der Waals surface area contributed by atoms with Gasteiger partial charge in [-0.25, -0.2) is 4.79 Å². The average molecular weight is 328 g/mol. The second kappa shape index (κ2) is 10.1. The molecule has 0 saturated carbocycles. The zero-order valence-corrected chi connectivity index (χ0v) is 15.7. The van der Waals surface area contributed by atoms with E-state index in [0.29, 0.717) is 5.92 Å². The fourth-order valence-corrected chi connectivity index (χ4v) is 2.61. The van der Waals surface area contributed by atoms with Crippen LogP contribution in [0, 0.1) is 5.92 Å². The minimum absolute atomic E-state index is 0.183. The highest BCUT2D eigenvalue weighted by Gasteiger charge is 2.29. The molecule has 1 saturated heterocycles. The van der Waals surface area contributed by atoms with E-state index in [1.165, 1.54) is 6.42 Å². The molecule has 0 aliphatic carbocycles. The number of carbonyl (C=O) groups is 1. The maximum Gasteiger partial charge on any atom is 0.410 e. The van der Waals surface area contributed by atoms with Gasteiger partial charge in [0.25, 0.3) is 0 Å². The molecule has 1 rings (SSSR count). The van der Waals surface area contributed by atoms with Crippen molar-refractivity contribution in [1.82, 2.24) is 10.2 Å². The molecule has 0 spiro atoms. The first kappa shape index (κ1) is 20.2. The van der Waals surface area contributed by atoms with E-state index in [-0.39, 0.29) is 12.1 Å². The van der Waals surface area contributed by atoms with Crippen molar-refractivity contribution in [3.63, 3.8) is 0 Å². The van der Waals surface area contributed by atoms with Crippen molar-refractivity contribution in [1.29, 1.82) is 0 Å². The Kier molecular flexibility index (Phi) is 8.92. The van der Waals surface area contributed by atoms with Gasteiger partial charge in [-0.2, -0.15) is 0 Å². The van der Waals surface area contributed by atoms with Crippen LogP contribution in [-0.2, 0) is 9.47 Å². The standard InChI is InChI=1S/C18H36N2O3/c1-15(2)9-12-22-13-10-19-14-16-8-6-7-11-20(16)17(21)23-18(3,4)5/h15-16,19H,6-14H2,1-5H3. The Morgan fingerprint density at radius 3 is 2.65 bits per heavy atom. The smallest absolute Gasteiger partial charge is 0.410 e. The van der Waals surface area contributed by atoms with Crippen LogP contribution in [0.3, 0.4) is 0 Å². The number of amides is 1. The molecule has 5 nitrogen and oxygen atoms in total. The lowest BCUT2D eigenvalue weighted by molar-refractivity contribution is 0.00977. The van der Waals surface area contributed by atoms with E-state index in [4.69, 9.17) is 9.47 Å². The van der Waals surface area contributed by atoms with Crippen LogP contribution in [0.25, 0.3) is 0 Å². The van der Waals surface area contributed by atoms with Crippen molar-refractivity contribution in [2.45, 2.75) is 71.9 Å². The molecule has 1 aliphatic rings. The number of hydrogen-bond acceptors (Lipinski definition) is 4. The first-order valence-electron chi connectivity index (χ1n) is 9.07. The fourth-order valence-electron chi connectivity index (χ4n) is 2.61. The third-order valence-corrected chi connectivity index (χ3v) is 3.90. The lowest BCUT2D eigenvalue weighted by Gasteiger charge is -2.36. The molecule has 1 amide bonds. The molecule has 0 aromatic carbocycles. The summed E-state index contributed by atoms with van der Waals surface area (Å²) < 4.78 is 11.1. The highest BCUT2D eigenvalue weighted by molar-refractivity contribution is 5.68. The summed E-state index contributed by atoms with van der Waals surface area (Å²) in [6.45, 7) is 14.1. The van der Waals surface area contributed by atoms with Crippen LogP contribution in [0.4, 0.5) is 4.79 Å². The molecular formula is C18H36N2O3. The molecule has 136 valence electrons. The van der Waals surface area contributed by atoms with Gasteiger partial charge in [0.2, 0.25) is 0 Å². The maximum atomic E-state index is 12.3. The van der Waals surface area contributed by atoms with Crippen LogP contribution >= 0.6 is 0 Å². The first-order valence-corrected chi connectivity index (χ1v) is 9.07. The molecule has 1 unspecified atom stereocenters. The molecule has 1 atom stereocenters. The van der Waals surface area contributed by atoms with Gasteiger partial charge in [-0.05, 0) is 52.4 Å². The lowest BCUT2D eigenvalue weighted by atomic mass is 10.0.